The normalized spacial score (nSPS) is 21.5. The van der Waals surface area contributed by atoms with E-state index in [2.05, 4.69) is 15.3 Å². The molecule has 3 rings (SSSR count). The number of carbonyl (C=O) groups excluding carboxylic acids is 2. The minimum absolute atomic E-state index is 0.0614. The lowest BCUT2D eigenvalue weighted by atomic mass is 9.97. The molecule has 2 aliphatic heterocycles. The molecule has 2 heterocycles. The number of amides is 2. The van der Waals surface area contributed by atoms with Gasteiger partial charge in [-0.25, -0.2) is 0 Å². The number of hydrazone groups is 1. The number of benzene rings is 1. The van der Waals surface area contributed by atoms with Gasteiger partial charge in [-0.2, -0.15) is 5.10 Å². The van der Waals surface area contributed by atoms with Crippen LogP contribution in [0.15, 0.2) is 35.4 Å². The predicted octanol–water partition coefficient (Wildman–Crippen LogP) is 0.278. The Balaban J connectivity index is 1.48. The molecule has 2 saturated heterocycles. The molecule has 0 radical (unpaired) electrons. The number of likely N-dealkylation sites (tertiary alicyclic amines) is 2. The van der Waals surface area contributed by atoms with Gasteiger partial charge in [0.15, 0.2) is 0 Å². The van der Waals surface area contributed by atoms with Crippen molar-refractivity contribution in [2.24, 2.45) is 22.6 Å². The van der Waals surface area contributed by atoms with Gasteiger partial charge >= 0.3 is 0 Å². The zero-order valence-electron chi connectivity index (χ0n) is 16.9. The van der Waals surface area contributed by atoms with Crippen molar-refractivity contribution in [3.63, 3.8) is 0 Å². The zero-order valence-corrected chi connectivity index (χ0v) is 16.9. The van der Waals surface area contributed by atoms with E-state index < -0.39 is 12.1 Å². The highest BCUT2D eigenvalue weighted by molar-refractivity contribution is 5.90. The number of rotatable bonds is 7. The van der Waals surface area contributed by atoms with Crippen LogP contribution in [0.5, 0.6) is 0 Å². The number of hydrogen-bond donors (Lipinski definition) is 3. The molecule has 0 unspecified atom stereocenters. The van der Waals surface area contributed by atoms with E-state index in [1.54, 1.807) is 11.2 Å². The maximum atomic E-state index is 12.9. The zero-order chi connectivity index (χ0) is 20.6. The van der Waals surface area contributed by atoms with Crippen LogP contribution in [0.4, 0.5) is 0 Å². The van der Waals surface area contributed by atoms with E-state index in [0.717, 1.165) is 37.9 Å². The molecule has 0 aliphatic carbocycles. The number of nitrogens with one attached hydrogen (secondary N) is 1. The minimum Gasteiger partial charge on any atom is -0.361 e. The Morgan fingerprint density at radius 2 is 1.90 bits per heavy atom. The molecule has 2 amide bonds. The lowest BCUT2D eigenvalue weighted by Gasteiger charge is -2.31. The highest BCUT2D eigenvalue weighted by atomic mass is 16.2. The van der Waals surface area contributed by atoms with Gasteiger partial charge in [0.2, 0.25) is 11.8 Å². The summed E-state index contributed by atoms with van der Waals surface area (Å²) < 4.78 is 0. The molecule has 2 fully saturated rings. The van der Waals surface area contributed by atoms with Crippen molar-refractivity contribution in [3.05, 3.63) is 35.9 Å². The molecule has 1 aromatic rings. The van der Waals surface area contributed by atoms with E-state index in [9.17, 15) is 9.59 Å². The second-order valence-corrected chi connectivity index (χ2v) is 7.97. The third kappa shape index (κ3) is 5.69. The average Bonchev–Trinajstić information content (AvgIpc) is 3.23. The molecule has 5 N–H and O–H groups in total. The molecule has 0 bridgehead atoms. The monoisotopic (exact) mass is 400 g/mol. The Morgan fingerprint density at radius 3 is 2.59 bits per heavy atom. The Bertz CT molecular complexity index is 702. The van der Waals surface area contributed by atoms with E-state index in [4.69, 9.17) is 11.6 Å². The number of nitrogens with zero attached hydrogens (tertiary/aromatic N) is 3. The van der Waals surface area contributed by atoms with Crippen LogP contribution in [0.1, 0.15) is 31.2 Å². The molecule has 158 valence electrons. The fourth-order valence-corrected chi connectivity index (χ4v) is 4.20. The SMILES string of the molecule is NN=CN1CCC(CNC(=O)[C@@H]2CCCN2C(=O)[C@H](N)Cc2ccccc2)CC1. The Kier molecular flexibility index (Phi) is 7.46. The summed E-state index contributed by atoms with van der Waals surface area (Å²) in [6.45, 7) is 3.02. The van der Waals surface area contributed by atoms with Crippen LogP contribution >= 0.6 is 0 Å². The standard InChI is InChI=1S/C21H32N6O2/c22-18(13-16-5-2-1-3-6-16)21(29)27-10-4-7-19(27)20(28)24-14-17-8-11-26(12-9-17)15-25-23/h1-3,5-6,15,17-19H,4,7-14,22-23H2,(H,24,28)/t18-,19+/m1/s1. The van der Waals surface area contributed by atoms with E-state index in [1.807, 2.05) is 30.3 Å². The predicted molar refractivity (Wildman–Crippen MR) is 113 cm³/mol. The van der Waals surface area contributed by atoms with Crippen LogP contribution in [0.3, 0.4) is 0 Å². The smallest absolute Gasteiger partial charge is 0.242 e. The molecule has 2 aliphatic rings. The Labute approximate surface area is 172 Å². The van der Waals surface area contributed by atoms with Crippen molar-refractivity contribution in [1.29, 1.82) is 0 Å². The van der Waals surface area contributed by atoms with Gasteiger partial charge < -0.3 is 26.7 Å². The fraction of sp³-hybridized carbons (Fsp3) is 0.571. The fourth-order valence-electron chi connectivity index (χ4n) is 4.20. The lowest BCUT2D eigenvalue weighted by molar-refractivity contribution is -0.139. The largest absolute Gasteiger partial charge is 0.361 e. The van der Waals surface area contributed by atoms with Crippen LogP contribution < -0.4 is 16.9 Å². The summed E-state index contributed by atoms with van der Waals surface area (Å²) in [4.78, 5) is 29.4. The molecular formula is C21H32N6O2. The van der Waals surface area contributed by atoms with E-state index >= 15 is 0 Å². The van der Waals surface area contributed by atoms with Gasteiger partial charge in [-0.15, -0.1) is 0 Å². The van der Waals surface area contributed by atoms with Crippen molar-refractivity contribution >= 4 is 18.2 Å². The second-order valence-electron chi connectivity index (χ2n) is 7.97. The van der Waals surface area contributed by atoms with Crippen LogP contribution in [0, 0.1) is 5.92 Å². The number of nitrogens with two attached hydrogens (primary N) is 2. The minimum atomic E-state index is -0.626. The number of hydrogen-bond acceptors (Lipinski definition) is 5. The molecule has 8 nitrogen and oxygen atoms in total. The quantitative estimate of drug-likeness (QED) is 0.263. The molecule has 8 heteroatoms. The summed E-state index contributed by atoms with van der Waals surface area (Å²) in [5, 5.41) is 6.62. The van der Waals surface area contributed by atoms with Crippen molar-refractivity contribution in [2.75, 3.05) is 26.2 Å². The van der Waals surface area contributed by atoms with Crippen LogP contribution in [0.25, 0.3) is 0 Å². The second kappa shape index (κ2) is 10.2. The highest BCUT2D eigenvalue weighted by Gasteiger charge is 2.36. The van der Waals surface area contributed by atoms with Gasteiger partial charge in [-0.3, -0.25) is 9.59 Å². The van der Waals surface area contributed by atoms with Crippen molar-refractivity contribution < 1.29 is 9.59 Å². The van der Waals surface area contributed by atoms with Crippen molar-refractivity contribution in [2.45, 2.75) is 44.2 Å². The molecular weight excluding hydrogens is 368 g/mol. The average molecular weight is 401 g/mol. The van der Waals surface area contributed by atoms with Gasteiger partial charge in [-0.1, -0.05) is 30.3 Å². The summed E-state index contributed by atoms with van der Waals surface area (Å²) in [6, 6.07) is 8.71. The third-order valence-electron chi connectivity index (χ3n) is 5.90. The van der Waals surface area contributed by atoms with E-state index in [1.165, 1.54) is 0 Å². The van der Waals surface area contributed by atoms with Crippen LogP contribution in [-0.4, -0.2) is 66.2 Å². The molecule has 29 heavy (non-hydrogen) atoms. The van der Waals surface area contributed by atoms with Gasteiger partial charge in [-0.05, 0) is 43.6 Å². The van der Waals surface area contributed by atoms with Crippen LogP contribution in [0.2, 0.25) is 0 Å². The first-order valence-electron chi connectivity index (χ1n) is 10.4. The molecule has 0 spiro atoms. The Morgan fingerprint density at radius 1 is 1.17 bits per heavy atom. The first kappa shape index (κ1) is 21.1. The molecule has 0 aromatic heterocycles. The first-order valence-corrected chi connectivity index (χ1v) is 10.4. The summed E-state index contributed by atoms with van der Waals surface area (Å²) in [5.41, 5.74) is 7.20. The maximum Gasteiger partial charge on any atom is 0.242 e. The topological polar surface area (TPSA) is 117 Å². The summed E-state index contributed by atoms with van der Waals surface area (Å²) in [7, 11) is 0. The van der Waals surface area contributed by atoms with Gasteiger partial charge in [0.05, 0.1) is 6.04 Å². The molecule has 2 atom stereocenters. The maximum absolute atomic E-state index is 12.9. The summed E-state index contributed by atoms with van der Waals surface area (Å²) in [5.74, 6) is 5.43. The number of carbonyl (C=O) groups is 2. The summed E-state index contributed by atoms with van der Waals surface area (Å²) >= 11 is 0. The first-order chi connectivity index (χ1) is 14.1. The Hall–Kier alpha value is -2.61. The number of piperidine rings is 1. The van der Waals surface area contributed by atoms with Gasteiger partial charge in [0.25, 0.3) is 0 Å². The van der Waals surface area contributed by atoms with Crippen molar-refractivity contribution in [3.8, 4) is 0 Å². The lowest BCUT2D eigenvalue weighted by Crippen LogP contribution is -2.52. The third-order valence-corrected chi connectivity index (χ3v) is 5.90. The van der Waals surface area contributed by atoms with Crippen LogP contribution in [-0.2, 0) is 16.0 Å². The summed E-state index contributed by atoms with van der Waals surface area (Å²) in [6.07, 6.45) is 5.65. The van der Waals surface area contributed by atoms with E-state index in [-0.39, 0.29) is 11.8 Å². The van der Waals surface area contributed by atoms with Gasteiger partial charge in [0.1, 0.15) is 12.4 Å². The highest BCUT2D eigenvalue weighted by Crippen LogP contribution is 2.20. The molecule has 1 aromatic carbocycles. The molecule has 0 saturated carbocycles. The van der Waals surface area contributed by atoms with E-state index in [0.29, 0.717) is 31.8 Å². The van der Waals surface area contributed by atoms with Gasteiger partial charge in [0, 0.05) is 26.2 Å². The van der Waals surface area contributed by atoms with Crippen molar-refractivity contribution in [1.82, 2.24) is 15.1 Å².